The second kappa shape index (κ2) is 5.12. The van der Waals surface area contributed by atoms with Crippen molar-refractivity contribution in [2.45, 2.75) is 19.4 Å². The Balaban J connectivity index is 1.73. The van der Waals surface area contributed by atoms with E-state index in [1.54, 1.807) is 0 Å². The van der Waals surface area contributed by atoms with Gasteiger partial charge in [-0.3, -0.25) is 4.79 Å². The molecule has 0 radical (unpaired) electrons. The highest BCUT2D eigenvalue weighted by Crippen LogP contribution is 2.33. The van der Waals surface area contributed by atoms with E-state index < -0.39 is 0 Å². The molecule has 0 saturated heterocycles. The molecule has 86 valence electrons. The topological polar surface area (TPSA) is 52.3 Å². The monoisotopic (exact) mass is 219 g/mol. The lowest BCUT2D eigenvalue weighted by Crippen LogP contribution is -2.35. The minimum atomic E-state index is -0.0754. The highest BCUT2D eigenvalue weighted by molar-refractivity contribution is 5.73. The van der Waals surface area contributed by atoms with Crippen molar-refractivity contribution in [2.75, 3.05) is 6.54 Å². The number of hydrogen-bond acceptors (Lipinski definition) is 3. The molecule has 16 heavy (non-hydrogen) atoms. The van der Waals surface area contributed by atoms with Crippen LogP contribution in [0.25, 0.3) is 0 Å². The molecule has 1 aromatic rings. The number of esters is 1. The number of hydrogen-bond donors (Lipinski definition) is 1. The van der Waals surface area contributed by atoms with Gasteiger partial charge in [-0.25, -0.2) is 0 Å². The molecular formula is C13H17NO2. The largest absolute Gasteiger partial charge is 0.461 e. The first-order valence-corrected chi connectivity index (χ1v) is 5.70. The van der Waals surface area contributed by atoms with Crippen molar-refractivity contribution in [2.24, 2.45) is 17.6 Å². The summed E-state index contributed by atoms with van der Waals surface area (Å²) in [4.78, 5) is 11.6. The Morgan fingerprint density at radius 2 is 2.00 bits per heavy atom. The molecule has 0 heterocycles. The number of nitrogens with two attached hydrogens (primary N) is 1. The van der Waals surface area contributed by atoms with Crippen molar-refractivity contribution in [3.05, 3.63) is 35.9 Å². The van der Waals surface area contributed by atoms with Crippen LogP contribution in [0.5, 0.6) is 0 Å². The predicted octanol–water partition coefficient (Wildman–Crippen LogP) is 1.71. The molecule has 0 aliphatic heterocycles. The predicted molar refractivity (Wildman–Crippen MR) is 61.5 cm³/mol. The lowest BCUT2D eigenvalue weighted by molar-refractivity contribution is -0.154. The molecule has 3 heteroatoms. The normalized spacial score (nSPS) is 23.6. The molecule has 0 bridgehead atoms. The van der Waals surface area contributed by atoms with E-state index in [1.165, 1.54) is 0 Å². The number of ether oxygens (including phenoxy) is 1. The molecule has 0 unspecified atom stereocenters. The van der Waals surface area contributed by atoms with Gasteiger partial charge in [0.25, 0.3) is 0 Å². The number of rotatable bonds is 4. The van der Waals surface area contributed by atoms with E-state index >= 15 is 0 Å². The van der Waals surface area contributed by atoms with Gasteiger partial charge in [0, 0.05) is 0 Å². The van der Waals surface area contributed by atoms with Crippen LogP contribution >= 0.6 is 0 Å². The van der Waals surface area contributed by atoms with Crippen molar-refractivity contribution in [1.82, 2.24) is 0 Å². The summed E-state index contributed by atoms with van der Waals surface area (Å²) in [7, 11) is 0. The molecule has 0 amide bonds. The van der Waals surface area contributed by atoms with Crippen LogP contribution in [0.15, 0.2) is 30.3 Å². The van der Waals surface area contributed by atoms with Gasteiger partial charge in [0.2, 0.25) is 0 Å². The summed E-state index contributed by atoms with van der Waals surface area (Å²) in [5.74, 6) is 0.528. The first kappa shape index (κ1) is 11.1. The summed E-state index contributed by atoms with van der Waals surface area (Å²) in [6, 6.07) is 9.74. The van der Waals surface area contributed by atoms with Crippen LogP contribution in [0.1, 0.15) is 18.4 Å². The Bertz CT molecular complexity index is 344. The van der Waals surface area contributed by atoms with Gasteiger partial charge in [0.1, 0.15) is 6.61 Å². The molecule has 1 fully saturated rings. The lowest BCUT2D eigenvalue weighted by Gasteiger charge is -2.32. The standard InChI is InChI=1S/C13H17NO2/c14-8-11-6-12(7-11)13(15)16-9-10-4-2-1-3-5-10/h1-5,11-12H,6-9,14H2. The van der Waals surface area contributed by atoms with Gasteiger partial charge < -0.3 is 10.5 Å². The maximum absolute atomic E-state index is 11.6. The quantitative estimate of drug-likeness (QED) is 0.784. The number of benzene rings is 1. The van der Waals surface area contributed by atoms with Crippen LogP contribution in [-0.2, 0) is 16.1 Å². The van der Waals surface area contributed by atoms with Gasteiger partial charge in [-0.1, -0.05) is 30.3 Å². The van der Waals surface area contributed by atoms with E-state index in [0.717, 1.165) is 18.4 Å². The van der Waals surface area contributed by atoms with Crippen LogP contribution in [0, 0.1) is 11.8 Å². The van der Waals surface area contributed by atoms with Gasteiger partial charge in [-0.2, -0.15) is 0 Å². The summed E-state index contributed by atoms with van der Waals surface area (Å²) in [6.07, 6.45) is 1.79. The summed E-state index contributed by atoms with van der Waals surface area (Å²) >= 11 is 0. The molecule has 0 spiro atoms. The second-order valence-corrected chi connectivity index (χ2v) is 4.36. The van der Waals surface area contributed by atoms with Gasteiger partial charge in [-0.15, -0.1) is 0 Å². The van der Waals surface area contributed by atoms with Crippen molar-refractivity contribution >= 4 is 5.97 Å². The molecule has 3 nitrogen and oxygen atoms in total. The fraction of sp³-hybridized carbons (Fsp3) is 0.462. The van der Waals surface area contributed by atoms with E-state index in [-0.39, 0.29) is 11.9 Å². The van der Waals surface area contributed by atoms with Crippen molar-refractivity contribution in [3.63, 3.8) is 0 Å². The van der Waals surface area contributed by atoms with Gasteiger partial charge in [-0.05, 0) is 30.9 Å². The van der Waals surface area contributed by atoms with Crippen LogP contribution in [0.3, 0.4) is 0 Å². The molecule has 2 rings (SSSR count). The third kappa shape index (κ3) is 2.61. The van der Waals surface area contributed by atoms with Crippen LogP contribution in [-0.4, -0.2) is 12.5 Å². The molecule has 1 aliphatic carbocycles. The first-order chi connectivity index (χ1) is 7.79. The Kier molecular flexibility index (Phi) is 3.57. The zero-order valence-electron chi connectivity index (χ0n) is 9.26. The summed E-state index contributed by atoms with van der Waals surface area (Å²) in [5, 5.41) is 0. The third-order valence-corrected chi connectivity index (χ3v) is 3.13. The zero-order chi connectivity index (χ0) is 11.4. The smallest absolute Gasteiger partial charge is 0.309 e. The highest BCUT2D eigenvalue weighted by atomic mass is 16.5. The Hall–Kier alpha value is -1.35. The van der Waals surface area contributed by atoms with Crippen molar-refractivity contribution < 1.29 is 9.53 Å². The molecule has 0 aromatic heterocycles. The summed E-state index contributed by atoms with van der Waals surface area (Å²) in [5.41, 5.74) is 6.54. The first-order valence-electron chi connectivity index (χ1n) is 5.70. The minimum Gasteiger partial charge on any atom is -0.461 e. The van der Waals surface area contributed by atoms with E-state index in [1.807, 2.05) is 30.3 Å². The van der Waals surface area contributed by atoms with E-state index in [0.29, 0.717) is 19.1 Å². The molecular weight excluding hydrogens is 202 g/mol. The fourth-order valence-electron chi connectivity index (χ4n) is 1.97. The lowest BCUT2D eigenvalue weighted by atomic mass is 9.75. The van der Waals surface area contributed by atoms with Gasteiger partial charge >= 0.3 is 5.97 Å². The number of carbonyl (C=O) groups is 1. The minimum absolute atomic E-state index is 0.0754. The Morgan fingerprint density at radius 1 is 1.31 bits per heavy atom. The summed E-state index contributed by atoms with van der Waals surface area (Å²) < 4.78 is 5.25. The van der Waals surface area contributed by atoms with E-state index in [2.05, 4.69) is 0 Å². The van der Waals surface area contributed by atoms with Crippen LogP contribution in [0.2, 0.25) is 0 Å². The van der Waals surface area contributed by atoms with Crippen LogP contribution < -0.4 is 5.73 Å². The summed E-state index contributed by atoms with van der Waals surface area (Å²) in [6.45, 7) is 1.06. The van der Waals surface area contributed by atoms with Crippen LogP contribution in [0.4, 0.5) is 0 Å². The maximum Gasteiger partial charge on any atom is 0.309 e. The Morgan fingerprint density at radius 3 is 2.62 bits per heavy atom. The maximum atomic E-state index is 11.6. The second-order valence-electron chi connectivity index (χ2n) is 4.36. The zero-order valence-corrected chi connectivity index (χ0v) is 9.26. The average molecular weight is 219 g/mol. The van der Waals surface area contributed by atoms with E-state index in [4.69, 9.17) is 10.5 Å². The number of carbonyl (C=O) groups excluding carboxylic acids is 1. The molecule has 2 N–H and O–H groups in total. The third-order valence-electron chi connectivity index (χ3n) is 3.13. The molecule has 1 saturated carbocycles. The highest BCUT2D eigenvalue weighted by Gasteiger charge is 2.34. The fourth-order valence-corrected chi connectivity index (χ4v) is 1.97. The molecule has 0 atom stereocenters. The van der Waals surface area contributed by atoms with Crippen molar-refractivity contribution in [1.29, 1.82) is 0 Å². The van der Waals surface area contributed by atoms with E-state index in [9.17, 15) is 4.79 Å². The molecule has 1 aliphatic rings. The Labute approximate surface area is 95.6 Å². The SMILES string of the molecule is NCC1CC(C(=O)OCc2ccccc2)C1. The average Bonchev–Trinajstić information content (AvgIpc) is 2.26. The van der Waals surface area contributed by atoms with Gasteiger partial charge in [0.15, 0.2) is 0 Å². The van der Waals surface area contributed by atoms with Crippen molar-refractivity contribution in [3.8, 4) is 0 Å². The molecule has 1 aromatic carbocycles. The van der Waals surface area contributed by atoms with Gasteiger partial charge in [0.05, 0.1) is 5.92 Å².